The molecule has 9 heavy (non-hydrogen) atoms. The first-order chi connectivity index (χ1) is 4.24. The van der Waals surface area contributed by atoms with Crippen molar-refractivity contribution in [3.05, 3.63) is 0 Å². The average Bonchev–Trinajstić information content (AvgIpc) is 2.10. The van der Waals surface area contributed by atoms with Crippen LogP contribution < -0.4 is 5.73 Å². The van der Waals surface area contributed by atoms with E-state index in [4.69, 9.17) is 10.8 Å². The molecule has 1 aliphatic rings. The van der Waals surface area contributed by atoms with Gasteiger partial charge in [0.05, 0.1) is 6.10 Å². The van der Waals surface area contributed by atoms with Crippen LogP contribution in [-0.4, -0.2) is 42.3 Å². The molecule has 2 unspecified atom stereocenters. The van der Waals surface area contributed by atoms with Crippen molar-refractivity contribution in [2.24, 2.45) is 5.73 Å². The van der Waals surface area contributed by atoms with Gasteiger partial charge in [-0.3, -0.25) is 4.90 Å². The molecule has 1 heterocycles. The van der Waals surface area contributed by atoms with Crippen molar-refractivity contribution in [3.8, 4) is 0 Å². The van der Waals surface area contributed by atoms with Crippen LogP contribution in [0.15, 0.2) is 0 Å². The highest BCUT2D eigenvalue weighted by atomic mass is 16.3. The van der Waals surface area contributed by atoms with Gasteiger partial charge in [0.15, 0.2) is 0 Å². The molecule has 0 amide bonds. The van der Waals surface area contributed by atoms with Gasteiger partial charge in [-0.15, -0.1) is 0 Å². The van der Waals surface area contributed by atoms with E-state index in [2.05, 4.69) is 4.90 Å². The number of nitrogens with zero attached hydrogens (tertiary/aromatic N) is 1. The number of aliphatic hydroxyl groups excluding tert-OH is 1. The largest absolute Gasteiger partial charge is 0.392 e. The number of rotatable bonds is 1. The monoisotopic (exact) mass is 130 g/mol. The second kappa shape index (κ2) is 2.64. The van der Waals surface area contributed by atoms with Crippen molar-refractivity contribution in [2.45, 2.75) is 18.6 Å². The molecular weight excluding hydrogens is 116 g/mol. The Morgan fingerprint density at radius 2 is 2.44 bits per heavy atom. The van der Waals surface area contributed by atoms with E-state index in [9.17, 15) is 0 Å². The Hall–Kier alpha value is -0.120. The Morgan fingerprint density at radius 3 is 2.67 bits per heavy atom. The van der Waals surface area contributed by atoms with Gasteiger partial charge in [0.25, 0.3) is 0 Å². The summed E-state index contributed by atoms with van der Waals surface area (Å²) in [6, 6.07) is 0.403. The Bertz CT molecular complexity index is 97.1. The van der Waals surface area contributed by atoms with E-state index in [1.165, 1.54) is 0 Å². The first-order valence-corrected chi connectivity index (χ1v) is 3.32. The van der Waals surface area contributed by atoms with E-state index in [0.29, 0.717) is 12.6 Å². The molecule has 0 spiro atoms. The van der Waals surface area contributed by atoms with Gasteiger partial charge in [0.1, 0.15) is 0 Å². The molecule has 1 aliphatic heterocycles. The van der Waals surface area contributed by atoms with Crippen molar-refractivity contribution in [2.75, 3.05) is 20.1 Å². The normalized spacial score (nSPS) is 37.7. The van der Waals surface area contributed by atoms with Gasteiger partial charge < -0.3 is 10.8 Å². The van der Waals surface area contributed by atoms with E-state index in [0.717, 1.165) is 13.0 Å². The molecule has 1 rings (SSSR count). The minimum atomic E-state index is -0.149. The van der Waals surface area contributed by atoms with E-state index in [-0.39, 0.29) is 6.10 Å². The quantitative estimate of drug-likeness (QED) is 0.479. The van der Waals surface area contributed by atoms with Crippen LogP contribution in [0.3, 0.4) is 0 Å². The molecule has 0 aromatic heterocycles. The van der Waals surface area contributed by atoms with Crippen molar-refractivity contribution in [1.29, 1.82) is 0 Å². The molecule has 54 valence electrons. The summed E-state index contributed by atoms with van der Waals surface area (Å²) in [4.78, 5) is 2.10. The Balaban J connectivity index is 2.38. The van der Waals surface area contributed by atoms with Gasteiger partial charge in [-0.05, 0) is 13.5 Å². The van der Waals surface area contributed by atoms with Crippen molar-refractivity contribution in [1.82, 2.24) is 4.90 Å². The molecule has 2 atom stereocenters. The lowest BCUT2D eigenvalue weighted by molar-refractivity contribution is 0.182. The number of nitrogens with two attached hydrogens (primary N) is 1. The third-order valence-corrected chi connectivity index (χ3v) is 1.94. The summed E-state index contributed by atoms with van der Waals surface area (Å²) >= 11 is 0. The van der Waals surface area contributed by atoms with Gasteiger partial charge >= 0.3 is 0 Å². The summed E-state index contributed by atoms with van der Waals surface area (Å²) in [5.74, 6) is 0. The van der Waals surface area contributed by atoms with Crippen LogP contribution in [0.4, 0.5) is 0 Å². The zero-order valence-electron chi connectivity index (χ0n) is 5.75. The zero-order chi connectivity index (χ0) is 6.85. The molecule has 0 radical (unpaired) electrons. The molecule has 3 nitrogen and oxygen atoms in total. The first-order valence-electron chi connectivity index (χ1n) is 3.32. The smallest absolute Gasteiger partial charge is 0.0682 e. The summed E-state index contributed by atoms with van der Waals surface area (Å²) < 4.78 is 0. The number of hydrogen-bond donors (Lipinski definition) is 2. The number of likely N-dealkylation sites (tertiary alicyclic amines) is 1. The molecular formula is C6H14N2O. The predicted octanol–water partition coefficient (Wildman–Crippen LogP) is -0.990. The van der Waals surface area contributed by atoms with Crippen LogP contribution in [0.5, 0.6) is 0 Å². The molecule has 1 saturated heterocycles. The van der Waals surface area contributed by atoms with Crippen molar-refractivity contribution < 1.29 is 5.11 Å². The standard InChI is InChI=1S/C6H14N2O/c1-8-4-6(9)2-5(8)3-7/h5-6,9H,2-4,7H2,1H3. The maximum Gasteiger partial charge on any atom is 0.0682 e. The molecule has 0 saturated carbocycles. The van der Waals surface area contributed by atoms with Crippen molar-refractivity contribution >= 4 is 0 Å². The molecule has 0 aromatic rings. The maximum absolute atomic E-state index is 9.10. The fraction of sp³-hybridized carbons (Fsp3) is 1.00. The SMILES string of the molecule is CN1CC(O)CC1CN. The zero-order valence-corrected chi connectivity index (χ0v) is 5.75. The highest BCUT2D eigenvalue weighted by Crippen LogP contribution is 2.13. The summed E-state index contributed by atoms with van der Waals surface area (Å²) in [6.07, 6.45) is 0.691. The third-order valence-electron chi connectivity index (χ3n) is 1.94. The van der Waals surface area contributed by atoms with Gasteiger partial charge in [-0.2, -0.15) is 0 Å². The molecule has 0 aliphatic carbocycles. The van der Waals surface area contributed by atoms with Gasteiger partial charge in [-0.25, -0.2) is 0 Å². The fourth-order valence-corrected chi connectivity index (χ4v) is 1.33. The highest BCUT2D eigenvalue weighted by molar-refractivity contribution is 4.82. The van der Waals surface area contributed by atoms with Crippen LogP contribution in [0.25, 0.3) is 0 Å². The van der Waals surface area contributed by atoms with Crippen LogP contribution in [0.1, 0.15) is 6.42 Å². The lowest BCUT2D eigenvalue weighted by Crippen LogP contribution is -2.31. The van der Waals surface area contributed by atoms with Crippen LogP contribution in [0.2, 0.25) is 0 Å². The van der Waals surface area contributed by atoms with E-state index < -0.39 is 0 Å². The van der Waals surface area contributed by atoms with Crippen LogP contribution in [-0.2, 0) is 0 Å². The maximum atomic E-state index is 9.10. The lowest BCUT2D eigenvalue weighted by Gasteiger charge is -2.15. The fourth-order valence-electron chi connectivity index (χ4n) is 1.33. The lowest BCUT2D eigenvalue weighted by atomic mass is 10.2. The highest BCUT2D eigenvalue weighted by Gasteiger charge is 2.26. The Kier molecular flexibility index (Phi) is 2.05. The molecule has 0 bridgehead atoms. The van der Waals surface area contributed by atoms with Gasteiger partial charge in [0.2, 0.25) is 0 Å². The molecule has 3 heteroatoms. The van der Waals surface area contributed by atoms with Crippen LogP contribution >= 0.6 is 0 Å². The topological polar surface area (TPSA) is 49.5 Å². The number of aliphatic hydroxyl groups is 1. The number of likely N-dealkylation sites (N-methyl/N-ethyl adjacent to an activating group) is 1. The number of β-amino-alcohol motifs (C(OH)–C–C–N with tert-alkyl or cyclic N) is 1. The second-order valence-electron chi connectivity index (χ2n) is 2.72. The minimum absolute atomic E-state index is 0.149. The summed E-state index contributed by atoms with van der Waals surface area (Å²) in [5, 5.41) is 9.10. The van der Waals surface area contributed by atoms with E-state index >= 15 is 0 Å². The Morgan fingerprint density at radius 1 is 1.78 bits per heavy atom. The molecule has 1 fully saturated rings. The Labute approximate surface area is 55.5 Å². The average molecular weight is 130 g/mol. The summed E-state index contributed by atoms with van der Waals surface area (Å²) in [5.41, 5.74) is 5.43. The van der Waals surface area contributed by atoms with E-state index in [1.807, 2.05) is 7.05 Å². The number of hydrogen-bond acceptors (Lipinski definition) is 3. The van der Waals surface area contributed by atoms with E-state index in [1.54, 1.807) is 0 Å². The second-order valence-corrected chi connectivity index (χ2v) is 2.72. The van der Waals surface area contributed by atoms with Crippen molar-refractivity contribution in [3.63, 3.8) is 0 Å². The first kappa shape index (κ1) is 6.99. The van der Waals surface area contributed by atoms with Crippen LogP contribution in [0, 0.1) is 0 Å². The summed E-state index contributed by atoms with van der Waals surface area (Å²) in [7, 11) is 1.99. The van der Waals surface area contributed by atoms with Gasteiger partial charge in [-0.1, -0.05) is 0 Å². The molecule has 3 N–H and O–H groups in total. The van der Waals surface area contributed by atoms with Gasteiger partial charge in [0, 0.05) is 19.1 Å². The third kappa shape index (κ3) is 1.41. The minimum Gasteiger partial charge on any atom is -0.392 e. The molecule has 0 aromatic carbocycles. The predicted molar refractivity (Wildman–Crippen MR) is 36.1 cm³/mol. The summed E-state index contributed by atoms with van der Waals surface area (Å²) in [6.45, 7) is 1.44.